The van der Waals surface area contributed by atoms with Crippen LogP contribution in [0.4, 0.5) is 10.8 Å². The van der Waals surface area contributed by atoms with E-state index < -0.39 is 16.6 Å². The highest BCUT2D eigenvalue weighted by atomic mass is 79.9. The molecule has 1 unspecified atom stereocenters. The van der Waals surface area contributed by atoms with Crippen LogP contribution in [0, 0.1) is 10.1 Å². The van der Waals surface area contributed by atoms with Gasteiger partial charge in [0.2, 0.25) is 5.13 Å². The van der Waals surface area contributed by atoms with E-state index in [9.17, 15) is 14.9 Å². The first-order valence-corrected chi connectivity index (χ1v) is 13.5. The second kappa shape index (κ2) is 10.1. The smallest absolute Gasteiger partial charge is 0.345 e. The van der Waals surface area contributed by atoms with Gasteiger partial charge in [-0.2, -0.15) is 5.10 Å². The summed E-state index contributed by atoms with van der Waals surface area (Å²) in [6.07, 6.45) is 0.319. The number of aromatic nitrogens is 1. The van der Waals surface area contributed by atoms with Crippen molar-refractivity contribution in [3.8, 4) is 17.0 Å². The zero-order valence-electron chi connectivity index (χ0n) is 20.4. The van der Waals surface area contributed by atoms with Crippen LogP contribution in [0.5, 0.6) is 5.75 Å². The molecule has 1 aliphatic rings. The molecule has 6 rings (SSSR count). The summed E-state index contributed by atoms with van der Waals surface area (Å²) < 4.78 is 11.7. The number of nitro benzene ring substituents is 1. The van der Waals surface area contributed by atoms with Crippen LogP contribution in [0.2, 0.25) is 0 Å². The van der Waals surface area contributed by atoms with Crippen molar-refractivity contribution in [2.75, 3.05) is 12.1 Å². The maximum atomic E-state index is 13.0. The highest BCUT2D eigenvalue weighted by Gasteiger charge is 2.34. The first kappa shape index (κ1) is 25.0. The fourth-order valence-corrected chi connectivity index (χ4v) is 5.65. The van der Waals surface area contributed by atoms with Gasteiger partial charge in [0.25, 0.3) is 0 Å². The molecule has 1 atom stereocenters. The fourth-order valence-electron chi connectivity index (χ4n) is 4.55. The number of ether oxygens (including phenoxy) is 1. The van der Waals surface area contributed by atoms with E-state index in [1.807, 2.05) is 41.8 Å². The average molecular weight is 603 g/mol. The van der Waals surface area contributed by atoms with Crippen LogP contribution in [-0.2, 0) is 0 Å². The molecular weight excluding hydrogens is 584 g/mol. The summed E-state index contributed by atoms with van der Waals surface area (Å²) in [6, 6.07) is 21.2. The van der Waals surface area contributed by atoms with E-state index in [-0.39, 0.29) is 11.4 Å². The first-order chi connectivity index (χ1) is 18.9. The average Bonchev–Trinajstić information content (AvgIpc) is 3.61. The number of para-hydroxylation sites is 1. The number of fused-ring (bicyclic) bond motifs is 1. The Morgan fingerprint density at radius 3 is 2.69 bits per heavy atom. The zero-order valence-corrected chi connectivity index (χ0v) is 22.8. The van der Waals surface area contributed by atoms with Gasteiger partial charge in [0.15, 0.2) is 5.75 Å². The standard InChI is InChI=1S/C28H19BrN4O5S/c1-37-26-11-8-17(13-24(26)33(35)36)23-14-21(20-12-18-4-2-3-5-25(18)38-27(20)34)31-32(23)28-30-22(15-39-28)16-6-9-19(29)10-7-16/h2-13,15,23H,14H2,1H3. The highest BCUT2D eigenvalue weighted by Crippen LogP contribution is 2.41. The third kappa shape index (κ3) is 4.70. The lowest BCUT2D eigenvalue weighted by Gasteiger charge is -2.21. The van der Waals surface area contributed by atoms with Gasteiger partial charge in [0.05, 0.1) is 35.0 Å². The number of rotatable bonds is 6. The van der Waals surface area contributed by atoms with Gasteiger partial charge in [-0.15, -0.1) is 11.3 Å². The van der Waals surface area contributed by atoms with E-state index >= 15 is 0 Å². The van der Waals surface area contributed by atoms with Gasteiger partial charge in [0, 0.05) is 33.3 Å². The monoisotopic (exact) mass is 602 g/mol. The van der Waals surface area contributed by atoms with Gasteiger partial charge in [-0.1, -0.05) is 52.3 Å². The molecule has 0 aliphatic carbocycles. The Kier molecular flexibility index (Phi) is 6.45. The van der Waals surface area contributed by atoms with Crippen LogP contribution in [0.1, 0.15) is 23.6 Å². The van der Waals surface area contributed by atoms with Crippen LogP contribution < -0.4 is 15.4 Å². The number of halogens is 1. The molecule has 0 saturated carbocycles. The summed E-state index contributed by atoms with van der Waals surface area (Å²) in [5, 5.41) is 21.6. The van der Waals surface area contributed by atoms with Gasteiger partial charge in [-0.25, -0.2) is 14.8 Å². The summed E-state index contributed by atoms with van der Waals surface area (Å²) in [6.45, 7) is 0. The predicted octanol–water partition coefficient (Wildman–Crippen LogP) is 6.95. The summed E-state index contributed by atoms with van der Waals surface area (Å²) >= 11 is 4.86. The molecule has 0 fully saturated rings. The molecule has 3 heterocycles. The van der Waals surface area contributed by atoms with Crippen molar-refractivity contribution in [1.82, 2.24) is 4.98 Å². The van der Waals surface area contributed by atoms with Crippen molar-refractivity contribution in [1.29, 1.82) is 0 Å². The minimum atomic E-state index is -0.497. The molecule has 0 bridgehead atoms. The summed E-state index contributed by atoms with van der Waals surface area (Å²) in [5.74, 6) is 0.163. The number of nitro groups is 1. The Labute approximate surface area is 234 Å². The Hall–Kier alpha value is -4.35. The number of nitrogens with zero attached hydrogens (tertiary/aromatic N) is 4. The fraction of sp³-hybridized carbons (Fsp3) is 0.107. The number of hydrogen-bond acceptors (Lipinski definition) is 9. The summed E-state index contributed by atoms with van der Waals surface area (Å²) in [7, 11) is 1.39. The van der Waals surface area contributed by atoms with Crippen LogP contribution in [-0.4, -0.2) is 22.7 Å². The van der Waals surface area contributed by atoms with E-state index in [1.165, 1.54) is 24.5 Å². The van der Waals surface area contributed by atoms with Crippen molar-refractivity contribution >= 4 is 54.8 Å². The zero-order chi connectivity index (χ0) is 27.1. The van der Waals surface area contributed by atoms with E-state index in [0.717, 1.165) is 21.1 Å². The minimum absolute atomic E-state index is 0.150. The first-order valence-electron chi connectivity index (χ1n) is 11.8. The Morgan fingerprint density at radius 2 is 1.92 bits per heavy atom. The molecule has 194 valence electrons. The number of thiazole rings is 1. The van der Waals surface area contributed by atoms with Crippen molar-refractivity contribution in [2.45, 2.75) is 12.5 Å². The lowest BCUT2D eigenvalue weighted by atomic mass is 9.98. The molecule has 5 aromatic rings. The van der Waals surface area contributed by atoms with Crippen molar-refractivity contribution in [2.24, 2.45) is 5.10 Å². The molecule has 0 amide bonds. The molecule has 0 N–H and O–H groups in total. The molecule has 39 heavy (non-hydrogen) atoms. The Balaban J connectivity index is 1.46. The van der Waals surface area contributed by atoms with Crippen LogP contribution in [0.3, 0.4) is 0 Å². The van der Waals surface area contributed by atoms with Crippen molar-refractivity contribution < 1.29 is 14.1 Å². The molecular formula is C28H19BrN4O5S. The summed E-state index contributed by atoms with van der Waals surface area (Å²) in [5.41, 5.74) is 3.06. The minimum Gasteiger partial charge on any atom is -0.490 e. The van der Waals surface area contributed by atoms with Crippen LogP contribution >= 0.6 is 27.3 Å². The SMILES string of the molecule is COc1ccc(C2CC(c3cc4ccccc4oc3=O)=NN2c2nc(-c3ccc(Br)cc3)cs2)cc1[N+](=O)[O-]. The molecule has 9 nitrogen and oxygen atoms in total. The number of hydrazone groups is 1. The normalized spacial score (nSPS) is 15.0. The number of methoxy groups -OCH3 is 1. The summed E-state index contributed by atoms with van der Waals surface area (Å²) in [4.78, 5) is 29.1. The maximum absolute atomic E-state index is 13.0. The molecule has 0 spiro atoms. The molecule has 2 aromatic heterocycles. The van der Waals surface area contributed by atoms with Gasteiger partial charge < -0.3 is 9.15 Å². The van der Waals surface area contributed by atoms with E-state index in [2.05, 4.69) is 15.9 Å². The van der Waals surface area contributed by atoms with E-state index in [4.69, 9.17) is 19.2 Å². The topological polar surface area (TPSA) is 111 Å². The van der Waals surface area contributed by atoms with Gasteiger partial charge >= 0.3 is 11.3 Å². The molecule has 11 heteroatoms. The quantitative estimate of drug-likeness (QED) is 0.117. The molecule has 0 saturated heterocycles. The second-order valence-corrected chi connectivity index (χ2v) is 10.6. The predicted molar refractivity (Wildman–Crippen MR) is 154 cm³/mol. The van der Waals surface area contributed by atoms with Gasteiger partial charge in [-0.05, 0) is 35.9 Å². The van der Waals surface area contributed by atoms with E-state index in [1.54, 1.807) is 35.3 Å². The number of benzene rings is 3. The maximum Gasteiger partial charge on any atom is 0.345 e. The third-order valence-electron chi connectivity index (χ3n) is 6.48. The largest absolute Gasteiger partial charge is 0.490 e. The van der Waals surface area contributed by atoms with Crippen molar-refractivity contribution in [3.63, 3.8) is 0 Å². The Morgan fingerprint density at radius 1 is 1.13 bits per heavy atom. The van der Waals surface area contributed by atoms with Gasteiger partial charge in [0.1, 0.15) is 5.58 Å². The van der Waals surface area contributed by atoms with E-state index in [0.29, 0.717) is 34.0 Å². The van der Waals surface area contributed by atoms with Gasteiger partial charge in [-0.3, -0.25) is 10.1 Å². The molecule has 3 aromatic carbocycles. The lowest BCUT2D eigenvalue weighted by molar-refractivity contribution is -0.385. The Bertz CT molecular complexity index is 1820. The lowest BCUT2D eigenvalue weighted by Crippen LogP contribution is -2.18. The number of anilines is 1. The third-order valence-corrected chi connectivity index (χ3v) is 7.83. The number of hydrogen-bond donors (Lipinski definition) is 0. The van der Waals surface area contributed by atoms with Crippen LogP contribution in [0.25, 0.3) is 22.2 Å². The van der Waals surface area contributed by atoms with Crippen molar-refractivity contribution in [3.05, 3.63) is 114 Å². The second-order valence-electron chi connectivity index (χ2n) is 8.81. The highest BCUT2D eigenvalue weighted by molar-refractivity contribution is 9.10. The molecule has 0 radical (unpaired) electrons. The molecule has 1 aliphatic heterocycles. The van der Waals surface area contributed by atoms with Crippen LogP contribution in [0.15, 0.2) is 97.0 Å².